The van der Waals surface area contributed by atoms with Crippen molar-refractivity contribution >= 4 is 29.0 Å². The molecular formula is C26H29F4N5OS. The van der Waals surface area contributed by atoms with E-state index in [-0.39, 0.29) is 18.0 Å². The average molecular weight is 536 g/mol. The fraction of sp³-hybridized carbons (Fsp3) is 0.346. The number of halogens is 4. The van der Waals surface area contributed by atoms with Gasteiger partial charge in [0.1, 0.15) is 22.5 Å². The van der Waals surface area contributed by atoms with Gasteiger partial charge in [-0.3, -0.25) is 9.79 Å². The summed E-state index contributed by atoms with van der Waals surface area (Å²) in [6.07, 6.45) is 0.523. The lowest BCUT2D eigenvalue weighted by molar-refractivity contribution is -0.126. The molecule has 1 aliphatic heterocycles. The minimum atomic E-state index is -4.72. The highest BCUT2D eigenvalue weighted by atomic mass is 32.1. The monoisotopic (exact) mass is 535 g/mol. The number of nitrogens with zero attached hydrogens (tertiary/aromatic N) is 3. The highest BCUT2D eigenvalue weighted by Gasteiger charge is 2.34. The number of carbonyl (C=O) groups is 1. The van der Waals surface area contributed by atoms with E-state index in [4.69, 9.17) is 11.0 Å². The summed E-state index contributed by atoms with van der Waals surface area (Å²) in [7, 11) is 1.85. The molecule has 6 nitrogen and oxygen atoms in total. The molecule has 0 saturated heterocycles. The number of aliphatic imine (C=N–C) groups is 1. The highest BCUT2D eigenvalue weighted by molar-refractivity contribution is 7.12. The Labute approximate surface area is 217 Å². The van der Waals surface area contributed by atoms with Gasteiger partial charge in [-0.25, -0.2) is 4.39 Å². The summed E-state index contributed by atoms with van der Waals surface area (Å²) in [5.74, 6) is -0.729. The maximum absolute atomic E-state index is 13.5. The number of carbonyl (C=O) groups excluding carboxylic acids is 1. The molecule has 1 aliphatic rings. The molecule has 0 unspecified atom stereocenters. The number of fused-ring (bicyclic) bond motifs is 1. The molecular weight excluding hydrogens is 506 g/mol. The van der Waals surface area contributed by atoms with Crippen molar-refractivity contribution in [3.8, 4) is 6.07 Å². The summed E-state index contributed by atoms with van der Waals surface area (Å²) in [5.41, 5.74) is 5.37. The number of nitrogens with one attached hydrogen (secondary N) is 1. The summed E-state index contributed by atoms with van der Waals surface area (Å²) in [4.78, 5) is 19.5. The fourth-order valence-corrected chi connectivity index (χ4v) is 4.71. The zero-order valence-electron chi connectivity index (χ0n) is 20.8. The molecule has 37 heavy (non-hydrogen) atoms. The van der Waals surface area contributed by atoms with Crippen LogP contribution in [-0.4, -0.2) is 49.9 Å². The van der Waals surface area contributed by atoms with Gasteiger partial charge in [-0.05, 0) is 44.5 Å². The number of nitrogens with two attached hydrogens (primary N) is 1. The van der Waals surface area contributed by atoms with Crippen molar-refractivity contribution in [3.05, 3.63) is 74.4 Å². The third kappa shape index (κ3) is 8.00. The predicted octanol–water partition coefficient (Wildman–Crippen LogP) is 4.74. The van der Waals surface area contributed by atoms with Crippen molar-refractivity contribution in [3.63, 3.8) is 0 Å². The molecule has 0 atom stereocenters. The largest absolute Gasteiger partial charge is 0.431 e. The number of amides is 1. The van der Waals surface area contributed by atoms with Crippen LogP contribution in [0.1, 0.15) is 33.4 Å². The van der Waals surface area contributed by atoms with Crippen molar-refractivity contribution in [2.75, 3.05) is 26.7 Å². The standard InChI is InChI=1S/C14H17N3OS.C12H12F4N2/c1-10-11-5-7-17(14(18)4-3-6-16-2)9-13(11)19-12(10)8-15;1-2-18-7-9(11(17)12(14,15)16)8-5-3-4-6-10(8)13/h3-4,16H,5-7,9H2,1-2H3;3-7H,2,17H2,1H3/b4-3-;11-9+,18-7?. The Kier molecular flexibility index (Phi) is 11.0. The normalized spacial score (nSPS) is 14.2. The van der Waals surface area contributed by atoms with E-state index >= 15 is 0 Å². The van der Waals surface area contributed by atoms with Crippen LogP contribution in [0.15, 0.2) is 47.1 Å². The van der Waals surface area contributed by atoms with Gasteiger partial charge in [0.05, 0.1) is 6.54 Å². The molecule has 0 bridgehead atoms. The smallest absolute Gasteiger partial charge is 0.394 e. The van der Waals surface area contributed by atoms with E-state index in [9.17, 15) is 22.4 Å². The molecule has 198 valence electrons. The number of alkyl halides is 3. The first-order chi connectivity index (χ1) is 17.5. The lowest BCUT2D eigenvalue weighted by atomic mass is 10.0. The van der Waals surface area contributed by atoms with E-state index in [1.807, 2.05) is 24.9 Å². The maximum Gasteiger partial charge on any atom is 0.431 e. The van der Waals surface area contributed by atoms with Crippen molar-refractivity contribution in [2.45, 2.75) is 33.0 Å². The van der Waals surface area contributed by atoms with Crippen LogP contribution < -0.4 is 11.1 Å². The molecule has 2 aromatic rings. The topological polar surface area (TPSA) is 94.5 Å². The van der Waals surface area contributed by atoms with Gasteiger partial charge < -0.3 is 16.0 Å². The highest BCUT2D eigenvalue weighted by Crippen LogP contribution is 2.32. The Bertz CT molecular complexity index is 1220. The lowest BCUT2D eigenvalue weighted by Crippen LogP contribution is -2.34. The first-order valence-electron chi connectivity index (χ1n) is 11.5. The molecule has 3 rings (SSSR count). The van der Waals surface area contributed by atoms with Crippen LogP contribution in [-0.2, 0) is 17.8 Å². The number of rotatable bonds is 6. The molecule has 0 spiro atoms. The van der Waals surface area contributed by atoms with Crippen molar-refractivity contribution in [1.29, 1.82) is 5.26 Å². The molecule has 2 heterocycles. The van der Waals surface area contributed by atoms with Crippen LogP contribution in [0.3, 0.4) is 0 Å². The molecule has 0 aliphatic carbocycles. The van der Waals surface area contributed by atoms with E-state index in [0.29, 0.717) is 13.1 Å². The Morgan fingerprint density at radius 3 is 2.65 bits per heavy atom. The summed E-state index contributed by atoms with van der Waals surface area (Å²) in [6, 6.07) is 7.35. The summed E-state index contributed by atoms with van der Waals surface area (Å²) >= 11 is 1.52. The maximum atomic E-state index is 13.5. The van der Waals surface area contributed by atoms with Gasteiger partial charge in [0.2, 0.25) is 5.91 Å². The number of hydrogen-bond acceptors (Lipinski definition) is 6. The Hall–Kier alpha value is -3.49. The second-order valence-electron chi connectivity index (χ2n) is 7.97. The Morgan fingerprint density at radius 1 is 1.35 bits per heavy atom. The average Bonchev–Trinajstić information content (AvgIpc) is 3.19. The first-order valence-corrected chi connectivity index (χ1v) is 12.3. The summed E-state index contributed by atoms with van der Waals surface area (Å²) in [6.45, 7) is 5.99. The predicted molar refractivity (Wildman–Crippen MR) is 139 cm³/mol. The number of nitriles is 1. The van der Waals surface area contributed by atoms with Crippen LogP contribution in [0.4, 0.5) is 17.6 Å². The van der Waals surface area contributed by atoms with Gasteiger partial charge >= 0.3 is 6.18 Å². The van der Waals surface area contributed by atoms with Gasteiger partial charge in [0.25, 0.3) is 0 Å². The van der Waals surface area contributed by atoms with Gasteiger partial charge in [-0.15, -0.1) is 11.3 Å². The Balaban J connectivity index is 0.000000261. The van der Waals surface area contributed by atoms with Crippen LogP contribution in [0.25, 0.3) is 5.57 Å². The minimum absolute atomic E-state index is 0.0467. The molecule has 3 N–H and O–H groups in total. The van der Waals surface area contributed by atoms with E-state index in [1.165, 1.54) is 35.1 Å². The van der Waals surface area contributed by atoms with Gasteiger partial charge in [0.15, 0.2) is 0 Å². The molecule has 1 aromatic carbocycles. The Morgan fingerprint density at radius 2 is 2.05 bits per heavy atom. The molecule has 11 heteroatoms. The second-order valence-corrected chi connectivity index (χ2v) is 9.08. The van der Waals surface area contributed by atoms with Crippen LogP contribution in [0.5, 0.6) is 0 Å². The third-order valence-electron chi connectivity index (χ3n) is 5.48. The van der Waals surface area contributed by atoms with E-state index in [2.05, 4.69) is 16.4 Å². The van der Waals surface area contributed by atoms with E-state index < -0.39 is 23.3 Å². The number of thiophene rings is 1. The molecule has 0 fully saturated rings. The SMILES string of the molecule is CCN=C/C(=C(\N)C(F)(F)F)c1ccccc1F.CNC/C=C\C(=O)N1CCc2c(sc(C#N)c2C)C1. The number of allylic oxidation sites excluding steroid dienone is 2. The van der Waals surface area contributed by atoms with Crippen LogP contribution >= 0.6 is 11.3 Å². The van der Waals surface area contributed by atoms with Crippen LogP contribution in [0.2, 0.25) is 0 Å². The number of hydrogen-bond donors (Lipinski definition) is 2. The van der Waals surface area contributed by atoms with Crippen LogP contribution in [0, 0.1) is 24.1 Å². The number of benzene rings is 1. The molecule has 1 amide bonds. The fourth-order valence-electron chi connectivity index (χ4n) is 3.54. The zero-order valence-corrected chi connectivity index (χ0v) is 21.6. The van der Waals surface area contributed by atoms with E-state index in [0.717, 1.165) is 40.6 Å². The van der Waals surface area contributed by atoms with Crippen molar-refractivity contribution in [1.82, 2.24) is 10.2 Å². The summed E-state index contributed by atoms with van der Waals surface area (Å²) < 4.78 is 51.2. The molecule has 1 aromatic heterocycles. The summed E-state index contributed by atoms with van der Waals surface area (Å²) in [5, 5.41) is 12.0. The second kappa shape index (κ2) is 13.7. The van der Waals surface area contributed by atoms with Crippen molar-refractivity contribution in [2.24, 2.45) is 10.7 Å². The zero-order chi connectivity index (χ0) is 27.6. The van der Waals surface area contributed by atoms with Gasteiger partial charge in [-0.2, -0.15) is 18.4 Å². The minimum Gasteiger partial charge on any atom is -0.394 e. The molecule has 0 saturated carbocycles. The third-order valence-corrected chi connectivity index (χ3v) is 6.70. The number of likely N-dealkylation sites (N-methyl/N-ethyl adjacent to an activating group) is 1. The lowest BCUT2D eigenvalue weighted by Gasteiger charge is -2.26. The van der Waals surface area contributed by atoms with E-state index in [1.54, 1.807) is 13.0 Å². The van der Waals surface area contributed by atoms with Gasteiger partial charge in [-0.1, -0.05) is 24.3 Å². The first kappa shape index (κ1) is 29.7. The molecule has 0 radical (unpaired) electrons. The quantitative estimate of drug-likeness (QED) is 0.318. The van der Waals surface area contributed by atoms with Crippen molar-refractivity contribution < 1.29 is 22.4 Å². The van der Waals surface area contributed by atoms with Gasteiger partial charge in [0, 0.05) is 47.9 Å².